The topological polar surface area (TPSA) is 85.8 Å². The summed E-state index contributed by atoms with van der Waals surface area (Å²) in [5.41, 5.74) is 0.156. The molecule has 9 heteroatoms. The predicted octanol–water partition coefficient (Wildman–Crippen LogP) is 3.56. The molecule has 1 aromatic rings. The van der Waals surface area contributed by atoms with Gasteiger partial charge < -0.3 is 15.5 Å². The summed E-state index contributed by atoms with van der Waals surface area (Å²) < 4.78 is 28.3. The zero-order valence-corrected chi connectivity index (χ0v) is 23.3. The molecule has 0 spiro atoms. The Balaban J connectivity index is 0.00000900. The van der Waals surface area contributed by atoms with Gasteiger partial charge in [-0.3, -0.25) is 4.99 Å². The molecule has 0 bridgehead atoms. The van der Waals surface area contributed by atoms with Gasteiger partial charge in [-0.05, 0) is 71.8 Å². The van der Waals surface area contributed by atoms with E-state index in [9.17, 15) is 8.42 Å². The van der Waals surface area contributed by atoms with Crippen molar-refractivity contribution in [1.82, 2.24) is 20.3 Å². The van der Waals surface area contributed by atoms with E-state index < -0.39 is 15.6 Å². The quantitative estimate of drug-likeness (QED) is 0.216. The molecule has 0 aliphatic carbocycles. The lowest BCUT2D eigenvalue weighted by Gasteiger charge is -2.23. The minimum absolute atomic E-state index is 0. The van der Waals surface area contributed by atoms with Gasteiger partial charge in [-0.25, -0.2) is 13.1 Å². The highest BCUT2D eigenvalue weighted by atomic mass is 127. The third-order valence-electron chi connectivity index (χ3n) is 4.76. The number of guanidine groups is 1. The van der Waals surface area contributed by atoms with Crippen LogP contribution in [0.4, 0.5) is 0 Å². The lowest BCUT2D eigenvalue weighted by atomic mass is 10.1. The van der Waals surface area contributed by atoms with Gasteiger partial charge in [0.15, 0.2) is 5.96 Å². The zero-order chi connectivity index (χ0) is 22.8. The van der Waals surface area contributed by atoms with E-state index in [1.165, 1.54) is 0 Å². The van der Waals surface area contributed by atoms with Crippen LogP contribution in [0.2, 0.25) is 0 Å². The molecular formula is C22H42IN5O2S. The number of hydrogen-bond acceptors (Lipinski definition) is 4. The van der Waals surface area contributed by atoms with Crippen LogP contribution in [0.5, 0.6) is 0 Å². The maximum absolute atomic E-state index is 12.8. The molecule has 1 aromatic carbocycles. The Morgan fingerprint density at radius 1 is 1.16 bits per heavy atom. The number of hydrogen-bond donors (Lipinski definition) is 3. The molecule has 1 atom stereocenters. The van der Waals surface area contributed by atoms with E-state index in [1.54, 1.807) is 19.2 Å². The fourth-order valence-corrected chi connectivity index (χ4v) is 4.87. The monoisotopic (exact) mass is 567 g/mol. The van der Waals surface area contributed by atoms with E-state index in [2.05, 4.69) is 46.0 Å². The molecule has 0 heterocycles. The van der Waals surface area contributed by atoms with E-state index in [0.29, 0.717) is 18.1 Å². The first-order valence-corrected chi connectivity index (χ1v) is 12.3. The maximum atomic E-state index is 12.8. The lowest BCUT2D eigenvalue weighted by molar-refractivity contribution is 0.292. The van der Waals surface area contributed by atoms with Crippen LogP contribution in [-0.2, 0) is 16.6 Å². The molecular weight excluding hydrogens is 525 g/mol. The highest BCUT2D eigenvalue weighted by Crippen LogP contribution is 2.17. The normalized spacial score (nSPS) is 13.6. The second-order valence-corrected chi connectivity index (χ2v) is 10.3. The molecule has 180 valence electrons. The first kappa shape index (κ1) is 30.1. The van der Waals surface area contributed by atoms with Crippen LogP contribution < -0.4 is 15.4 Å². The van der Waals surface area contributed by atoms with Crippen molar-refractivity contribution in [1.29, 1.82) is 0 Å². The van der Waals surface area contributed by atoms with Crippen molar-refractivity contribution >= 4 is 40.0 Å². The highest BCUT2D eigenvalue weighted by molar-refractivity contribution is 14.0. The minimum atomic E-state index is -3.61. The van der Waals surface area contributed by atoms with Gasteiger partial charge in [0, 0.05) is 25.2 Å². The maximum Gasteiger partial charge on any atom is 0.241 e. The molecule has 0 radical (unpaired) electrons. The van der Waals surface area contributed by atoms with E-state index in [0.717, 1.165) is 32.5 Å². The van der Waals surface area contributed by atoms with Gasteiger partial charge in [-0.1, -0.05) is 32.0 Å². The second kappa shape index (κ2) is 14.3. The third-order valence-corrected chi connectivity index (χ3v) is 6.62. The van der Waals surface area contributed by atoms with E-state index >= 15 is 0 Å². The van der Waals surface area contributed by atoms with Crippen molar-refractivity contribution in [2.45, 2.75) is 77.4 Å². The molecule has 1 unspecified atom stereocenters. The molecule has 0 saturated carbocycles. The molecule has 0 fully saturated rings. The Kier molecular flexibility index (Phi) is 13.9. The molecule has 0 amide bonds. The fourth-order valence-electron chi connectivity index (χ4n) is 3.21. The van der Waals surface area contributed by atoms with Gasteiger partial charge in [-0.15, -0.1) is 24.0 Å². The van der Waals surface area contributed by atoms with Crippen molar-refractivity contribution in [2.24, 2.45) is 4.99 Å². The van der Waals surface area contributed by atoms with E-state index in [1.807, 2.05) is 32.9 Å². The van der Waals surface area contributed by atoms with E-state index in [4.69, 9.17) is 0 Å². The Bertz CT molecular complexity index is 774. The Morgan fingerprint density at radius 3 is 2.32 bits per heavy atom. The lowest BCUT2D eigenvalue weighted by Crippen LogP contribution is -2.43. The van der Waals surface area contributed by atoms with Crippen molar-refractivity contribution < 1.29 is 8.42 Å². The summed E-state index contributed by atoms with van der Waals surface area (Å²) in [5, 5.41) is 6.65. The highest BCUT2D eigenvalue weighted by Gasteiger charge is 2.24. The summed E-state index contributed by atoms with van der Waals surface area (Å²) in [6.45, 7) is 15.6. The van der Waals surface area contributed by atoms with Gasteiger partial charge in [0.2, 0.25) is 10.0 Å². The zero-order valence-electron chi connectivity index (χ0n) is 20.2. The van der Waals surface area contributed by atoms with E-state index in [-0.39, 0.29) is 34.9 Å². The van der Waals surface area contributed by atoms with Crippen LogP contribution in [-0.4, -0.2) is 57.5 Å². The minimum Gasteiger partial charge on any atom is -0.354 e. The molecule has 0 aromatic heterocycles. The summed E-state index contributed by atoms with van der Waals surface area (Å²) >= 11 is 0. The van der Waals surface area contributed by atoms with Gasteiger partial charge in [-0.2, -0.15) is 0 Å². The van der Waals surface area contributed by atoms with Gasteiger partial charge in [0.05, 0.1) is 4.90 Å². The van der Waals surface area contributed by atoms with Crippen LogP contribution in [0, 0.1) is 0 Å². The average molecular weight is 568 g/mol. The molecule has 1 rings (SSSR count). The molecule has 7 nitrogen and oxygen atoms in total. The van der Waals surface area contributed by atoms with Crippen LogP contribution in [0.25, 0.3) is 0 Å². The van der Waals surface area contributed by atoms with Crippen molar-refractivity contribution in [3.63, 3.8) is 0 Å². The van der Waals surface area contributed by atoms with Crippen molar-refractivity contribution in [2.75, 3.05) is 26.7 Å². The van der Waals surface area contributed by atoms with Crippen LogP contribution in [0.15, 0.2) is 34.2 Å². The standard InChI is InChI=1S/C22H41N5O2S.HI/c1-8-27(9-2)16-12-13-18(3)25-21(23-7)24-17-19-14-10-11-15-20(19)30(28,29)26-22(4,5)6;/h10-11,14-15,18,26H,8-9,12-13,16-17H2,1-7H3,(H2,23,24,25);1H. The van der Waals surface area contributed by atoms with Crippen LogP contribution in [0.3, 0.4) is 0 Å². The molecule has 3 N–H and O–H groups in total. The number of benzene rings is 1. The fraction of sp³-hybridized carbons (Fsp3) is 0.682. The first-order chi connectivity index (χ1) is 14.0. The predicted molar refractivity (Wildman–Crippen MR) is 142 cm³/mol. The number of nitrogens with zero attached hydrogens (tertiary/aromatic N) is 2. The third kappa shape index (κ3) is 11.5. The largest absolute Gasteiger partial charge is 0.354 e. The van der Waals surface area contributed by atoms with Gasteiger partial charge in [0.1, 0.15) is 0 Å². The smallest absolute Gasteiger partial charge is 0.241 e. The number of sulfonamides is 1. The first-order valence-electron chi connectivity index (χ1n) is 10.8. The summed E-state index contributed by atoms with van der Waals surface area (Å²) in [5.74, 6) is 0.668. The number of halogens is 1. The number of aliphatic imine (C=N–C) groups is 1. The number of rotatable bonds is 11. The van der Waals surface area contributed by atoms with Crippen molar-refractivity contribution in [3.8, 4) is 0 Å². The SMILES string of the molecule is CCN(CC)CCCC(C)NC(=NC)NCc1ccccc1S(=O)(=O)NC(C)(C)C.I. The van der Waals surface area contributed by atoms with Crippen molar-refractivity contribution in [3.05, 3.63) is 29.8 Å². The Morgan fingerprint density at radius 2 is 1.77 bits per heavy atom. The number of nitrogens with one attached hydrogen (secondary N) is 3. The summed E-state index contributed by atoms with van der Waals surface area (Å²) in [6, 6.07) is 7.32. The summed E-state index contributed by atoms with van der Waals surface area (Å²) in [7, 11) is -1.88. The molecule has 0 saturated heterocycles. The van der Waals surface area contributed by atoms with Gasteiger partial charge >= 0.3 is 0 Å². The van der Waals surface area contributed by atoms with Gasteiger partial charge in [0.25, 0.3) is 0 Å². The average Bonchev–Trinajstić information content (AvgIpc) is 2.66. The second-order valence-electron chi connectivity index (χ2n) is 8.60. The Labute approximate surface area is 206 Å². The molecule has 0 aliphatic heterocycles. The van der Waals surface area contributed by atoms with Crippen LogP contribution in [0.1, 0.15) is 59.9 Å². The summed E-state index contributed by atoms with van der Waals surface area (Å²) in [4.78, 5) is 7.00. The summed E-state index contributed by atoms with van der Waals surface area (Å²) in [6.07, 6.45) is 2.16. The Hall–Kier alpha value is -0.910. The molecule has 31 heavy (non-hydrogen) atoms. The van der Waals surface area contributed by atoms with Crippen LogP contribution >= 0.6 is 24.0 Å². The molecule has 0 aliphatic rings.